The highest BCUT2D eigenvalue weighted by atomic mass is 19.1. The third kappa shape index (κ3) is 5.68. The molecule has 1 aliphatic heterocycles. The topological polar surface area (TPSA) is 107 Å². The van der Waals surface area contributed by atoms with Gasteiger partial charge in [-0.25, -0.2) is 9.07 Å². The SMILES string of the molecule is COc1ccc(Cn2nnnc2C(C(C)C)N(Cc2ccc(F)cc2)Cc2cc3cc4c(cc3[nH]c2=O)OCO4)cc1. The highest BCUT2D eigenvalue weighted by Crippen LogP contribution is 2.36. The Kier molecular flexibility index (Phi) is 7.58. The summed E-state index contributed by atoms with van der Waals surface area (Å²) in [5, 5.41) is 13.6. The van der Waals surface area contributed by atoms with Gasteiger partial charge in [0.05, 0.1) is 25.2 Å². The van der Waals surface area contributed by atoms with E-state index in [1.807, 2.05) is 36.4 Å². The van der Waals surface area contributed by atoms with Gasteiger partial charge in [0, 0.05) is 30.1 Å². The molecule has 11 heteroatoms. The van der Waals surface area contributed by atoms with Gasteiger partial charge in [-0.3, -0.25) is 9.69 Å². The number of rotatable bonds is 10. The summed E-state index contributed by atoms with van der Waals surface area (Å²) in [7, 11) is 1.63. The van der Waals surface area contributed by atoms with Gasteiger partial charge in [-0.05, 0) is 63.9 Å². The minimum absolute atomic E-state index is 0.0689. The smallest absolute Gasteiger partial charge is 0.252 e. The lowest BCUT2D eigenvalue weighted by molar-refractivity contribution is 0.126. The normalized spacial score (nSPS) is 13.3. The van der Waals surface area contributed by atoms with Crippen LogP contribution in [0.3, 0.4) is 0 Å². The Morgan fingerprint density at radius 3 is 2.43 bits per heavy atom. The maximum atomic E-state index is 13.8. The molecular formula is C31H31FN6O4. The monoisotopic (exact) mass is 570 g/mol. The number of methoxy groups -OCH3 is 1. The number of H-pyrrole nitrogens is 1. The maximum Gasteiger partial charge on any atom is 0.252 e. The van der Waals surface area contributed by atoms with E-state index < -0.39 is 0 Å². The Bertz CT molecular complexity index is 1750. The number of hydrogen-bond donors (Lipinski definition) is 1. The fourth-order valence-electron chi connectivity index (χ4n) is 5.38. The van der Waals surface area contributed by atoms with Crippen molar-refractivity contribution < 1.29 is 18.6 Å². The van der Waals surface area contributed by atoms with Gasteiger partial charge in [-0.15, -0.1) is 5.10 Å². The first kappa shape index (κ1) is 27.4. The van der Waals surface area contributed by atoms with Crippen LogP contribution in [0.15, 0.2) is 71.5 Å². The van der Waals surface area contributed by atoms with Gasteiger partial charge in [0.1, 0.15) is 11.6 Å². The standard InChI is InChI=1S/C31H31FN6O4/c1-19(2)29(30-34-35-36-38(30)16-21-6-10-25(40-3)11-7-21)37(15-20-4-8-24(32)9-5-20)17-23-12-22-13-27-28(42-18-41-27)14-26(22)33-31(23)39/h4-14,19,29H,15-18H2,1-3H3,(H,33,39). The molecule has 42 heavy (non-hydrogen) atoms. The van der Waals surface area contributed by atoms with E-state index in [2.05, 4.69) is 39.3 Å². The van der Waals surface area contributed by atoms with Crippen molar-refractivity contribution in [3.63, 3.8) is 0 Å². The first-order chi connectivity index (χ1) is 20.4. The van der Waals surface area contributed by atoms with E-state index in [0.717, 1.165) is 22.3 Å². The molecule has 1 atom stereocenters. The molecule has 6 rings (SSSR count). The predicted molar refractivity (Wildman–Crippen MR) is 154 cm³/mol. The van der Waals surface area contributed by atoms with Gasteiger partial charge < -0.3 is 19.2 Å². The Labute approximate surface area is 241 Å². The average molecular weight is 571 g/mol. The molecular weight excluding hydrogens is 539 g/mol. The summed E-state index contributed by atoms with van der Waals surface area (Å²) in [6.45, 7) is 5.55. The van der Waals surface area contributed by atoms with Crippen molar-refractivity contribution in [1.82, 2.24) is 30.1 Å². The molecule has 0 amide bonds. The minimum atomic E-state index is -0.307. The molecule has 0 bridgehead atoms. The zero-order valence-corrected chi connectivity index (χ0v) is 23.6. The lowest BCUT2D eigenvalue weighted by atomic mass is 9.99. The molecule has 1 N–H and O–H groups in total. The number of pyridine rings is 1. The third-order valence-corrected chi connectivity index (χ3v) is 7.43. The Morgan fingerprint density at radius 2 is 1.71 bits per heavy atom. The molecule has 0 fully saturated rings. The van der Waals surface area contributed by atoms with Gasteiger partial charge in [-0.1, -0.05) is 38.1 Å². The molecule has 1 unspecified atom stereocenters. The van der Waals surface area contributed by atoms with Gasteiger partial charge in [0.25, 0.3) is 5.56 Å². The Balaban J connectivity index is 1.38. The fraction of sp³-hybridized carbons (Fsp3) is 0.290. The lowest BCUT2D eigenvalue weighted by Crippen LogP contribution is -2.35. The molecule has 3 aromatic carbocycles. The first-order valence-corrected chi connectivity index (χ1v) is 13.7. The number of halogens is 1. The highest BCUT2D eigenvalue weighted by Gasteiger charge is 2.30. The molecule has 0 saturated carbocycles. The summed E-state index contributed by atoms with van der Waals surface area (Å²) in [5.41, 5.74) is 2.95. The summed E-state index contributed by atoms with van der Waals surface area (Å²) in [5.74, 6) is 2.45. The molecule has 0 radical (unpaired) electrons. The van der Waals surface area contributed by atoms with Crippen LogP contribution in [0.5, 0.6) is 17.2 Å². The average Bonchev–Trinajstić information content (AvgIpc) is 3.63. The van der Waals surface area contributed by atoms with Crippen LogP contribution >= 0.6 is 0 Å². The Morgan fingerprint density at radius 1 is 1.00 bits per heavy atom. The number of hydrogen-bond acceptors (Lipinski definition) is 8. The van der Waals surface area contributed by atoms with Crippen molar-refractivity contribution in [3.05, 3.63) is 105 Å². The molecule has 0 spiro atoms. The second-order valence-corrected chi connectivity index (χ2v) is 10.7. The molecule has 0 aliphatic carbocycles. The third-order valence-electron chi connectivity index (χ3n) is 7.43. The Hall–Kier alpha value is -4.77. The summed E-state index contributed by atoms with van der Waals surface area (Å²) in [4.78, 5) is 18.5. The van der Waals surface area contributed by atoms with Crippen molar-refractivity contribution in [1.29, 1.82) is 0 Å². The van der Waals surface area contributed by atoms with E-state index in [4.69, 9.17) is 14.2 Å². The van der Waals surface area contributed by atoms with Crippen LogP contribution in [0.4, 0.5) is 4.39 Å². The van der Waals surface area contributed by atoms with E-state index in [1.54, 1.807) is 30.0 Å². The minimum Gasteiger partial charge on any atom is -0.497 e. The summed E-state index contributed by atoms with van der Waals surface area (Å²) < 4.78 is 31.9. The largest absolute Gasteiger partial charge is 0.497 e. The summed E-state index contributed by atoms with van der Waals surface area (Å²) >= 11 is 0. The predicted octanol–water partition coefficient (Wildman–Crippen LogP) is 4.84. The van der Waals surface area contributed by atoms with Crippen molar-refractivity contribution in [3.8, 4) is 17.2 Å². The van der Waals surface area contributed by atoms with Gasteiger partial charge in [0.15, 0.2) is 17.3 Å². The number of ether oxygens (including phenoxy) is 3. The number of nitrogens with one attached hydrogen (secondary N) is 1. The molecule has 0 saturated heterocycles. The number of benzene rings is 3. The van der Waals surface area contributed by atoms with Crippen LogP contribution in [0, 0.1) is 11.7 Å². The van der Waals surface area contributed by atoms with Crippen molar-refractivity contribution >= 4 is 10.9 Å². The number of tetrazole rings is 1. The van der Waals surface area contributed by atoms with E-state index >= 15 is 0 Å². The van der Waals surface area contributed by atoms with E-state index in [0.29, 0.717) is 48.0 Å². The van der Waals surface area contributed by atoms with Crippen molar-refractivity contribution in [2.75, 3.05) is 13.9 Å². The molecule has 10 nitrogen and oxygen atoms in total. The van der Waals surface area contributed by atoms with E-state index in [1.165, 1.54) is 12.1 Å². The second-order valence-electron chi connectivity index (χ2n) is 10.7. The fourth-order valence-corrected chi connectivity index (χ4v) is 5.38. The van der Waals surface area contributed by atoms with Gasteiger partial charge in [0.2, 0.25) is 6.79 Å². The van der Waals surface area contributed by atoms with E-state index in [-0.39, 0.29) is 30.1 Å². The van der Waals surface area contributed by atoms with Crippen molar-refractivity contribution in [2.45, 2.75) is 39.5 Å². The first-order valence-electron chi connectivity index (χ1n) is 13.7. The number of aromatic nitrogens is 5. The lowest BCUT2D eigenvalue weighted by Gasteiger charge is -2.33. The summed E-state index contributed by atoms with van der Waals surface area (Å²) in [6.07, 6.45) is 0. The maximum absolute atomic E-state index is 13.8. The van der Waals surface area contributed by atoms with Crippen LogP contribution in [-0.2, 0) is 19.6 Å². The van der Waals surface area contributed by atoms with Crippen LogP contribution in [0.2, 0.25) is 0 Å². The number of aromatic amines is 1. The van der Waals surface area contributed by atoms with Crippen LogP contribution in [0.1, 0.15) is 42.4 Å². The second kappa shape index (κ2) is 11.6. The highest BCUT2D eigenvalue weighted by molar-refractivity contribution is 5.83. The molecule has 1 aliphatic rings. The summed E-state index contributed by atoms with van der Waals surface area (Å²) in [6, 6.07) is 19.4. The quantitative estimate of drug-likeness (QED) is 0.254. The zero-order chi connectivity index (χ0) is 29.2. The van der Waals surface area contributed by atoms with Crippen molar-refractivity contribution in [2.24, 2.45) is 5.92 Å². The molecule has 5 aromatic rings. The van der Waals surface area contributed by atoms with Crippen LogP contribution in [0.25, 0.3) is 10.9 Å². The zero-order valence-electron chi connectivity index (χ0n) is 23.6. The number of nitrogens with zero attached hydrogens (tertiary/aromatic N) is 5. The molecule has 216 valence electrons. The van der Waals surface area contributed by atoms with Crippen LogP contribution < -0.4 is 19.8 Å². The number of fused-ring (bicyclic) bond motifs is 2. The molecule has 3 heterocycles. The van der Waals surface area contributed by atoms with Gasteiger partial charge in [-0.2, -0.15) is 0 Å². The van der Waals surface area contributed by atoms with E-state index in [9.17, 15) is 9.18 Å². The molecule has 2 aromatic heterocycles. The van der Waals surface area contributed by atoms with Crippen LogP contribution in [-0.4, -0.2) is 44.0 Å². The van der Waals surface area contributed by atoms with Gasteiger partial charge >= 0.3 is 0 Å².